The molecule has 0 amide bonds. The number of nitrogens with zero attached hydrogens (tertiary/aromatic N) is 2. The van der Waals surface area contributed by atoms with Crippen LogP contribution in [0.15, 0.2) is 12.3 Å². The average molecular weight is 257 g/mol. The molecule has 0 aliphatic carbocycles. The fourth-order valence-corrected chi connectivity index (χ4v) is 2.66. The lowest BCUT2D eigenvalue weighted by Crippen LogP contribution is -2.43. The smallest absolute Gasteiger partial charge is 0.141 e. The number of halogens is 2. The molecule has 2 nitrogen and oxygen atoms in total. The Morgan fingerprint density at radius 2 is 2.29 bits per heavy atom. The Morgan fingerprint density at radius 1 is 1.53 bits per heavy atom. The first-order valence-electron chi connectivity index (χ1n) is 6.10. The van der Waals surface area contributed by atoms with Gasteiger partial charge in [-0.1, -0.05) is 6.92 Å². The van der Waals surface area contributed by atoms with Crippen LogP contribution in [0, 0.1) is 11.7 Å². The summed E-state index contributed by atoms with van der Waals surface area (Å²) in [5.74, 6) is 1.47. The lowest BCUT2D eigenvalue weighted by Gasteiger charge is -2.39. The number of pyridine rings is 1. The van der Waals surface area contributed by atoms with E-state index in [0.29, 0.717) is 17.8 Å². The quantitative estimate of drug-likeness (QED) is 0.752. The van der Waals surface area contributed by atoms with Crippen molar-refractivity contribution in [1.82, 2.24) is 4.98 Å². The van der Waals surface area contributed by atoms with Crippen molar-refractivity contribution in [3.05, 3.63) is 23.6 Å². The number of anilines is 1. The zero-order valence-electron chi connectivity index (χ0n) is 10.3. The molecular weight excluding hydrogens is 239 g/mol. The fourth-order valence-electron chi connectivity index (χ4n) is 2.47. The summed E-state index contributed by atoms with van der Waals surface area (Å²) in [6.07, 6.45) is 3.68. The summed E-state index contributed by atoms with van der Waals surface area (Å²) in [4.78, 5) is 6.48. The summed E-state index contributed by atoms with van der Waals surface area (Å²) < 4.78 is 13.1. The Morgan fingerprint density at radius 3 is 3.00 bits per heavy atom. The predicted molar refractivity (Wildman–Crippen MR) is 69.0 cm³/mol. The van der Waals surface area contributed by atoms with Crippen LogP contribution in [-0.2, 0) is 5.88 Å². The normalized spacial score (nSPS) is 25.1. The van der Waals surface area contributed by atoms with Gasteiger partial charge in [-0.05, 0) is 31.7 Å². The molecule has 0 spiro atoms. The molecule has 1 aliphatic heterocycles. The molecule has 94 valence electrons. The Hall–Kier alpha value is -0.830. The van der Waals surface area contributed by atoms with Gasteiger partial charge in [0, 0.05) is 18.2 Å². The first-order valence-corrected chi connectivity index (χ1v) is 6.64. The molecule has 0 saturated carbocycles. The summed E-state index contributed by atoms with van der Waals surface area (Å²) in [5, 5.41) is 0. The van der Waals surface area contributed by atoms with E-state index in [1.165, 1.54) is 18.7 Å². The third-order valence-corrected chi connectivity index (χ3v) is 3.99. The van der Waals surface area contributed by atoms with Gasteiger partial charge >= 0.3 is 0 Å². The molecule has 1 fully saturated rings. The van der Waals surface area contributed by atoms with Gasteiger partial charge in [0.1, 0.15) is 11.6 Å². The van der Waals surface area contributed by atoms with E-state index in [1.807, 2.05) is 0 Å². The molecule has 0 N–H and O–H groups in total. The van der Waals surface area contributed by atoms with E-state index >= 15 is 0 Å². The molecule has 17 heavy (non-hydrogen) atoms. The number of hydrogen-bond donors (Lipinski definition) is 0. The molecule has 0 radical (unpaired) electrons. The molecule has 0 aromatic carbocycles. The van der Waals surface area contributed by atoms with Crippen LogP contribution in [0.1, 0.15) is 32.3 Å². The van der Waals surface area contributed by atoms with Crippen molar-refractivity contribution in [3.63, 3.8) is 0 Å². The standard InChI is InChI=1S/C13H18ClFN2/c1-9-4-3-5-17(10(9)2)13-11(7-14)6-12(15)8-16-13/h6,8-10H,3-5,7H2,1-2H3. The Balaban J connectivity index is 2.32. The number of aromatic nitrogens is 1. The second kappa shape index (κ2) is 5.21. The molecule has 2 atom stereocenters. The summed E-state index contributed by atoms with van der Waals surface area (Å²) in [7, 11) is 0. The van der Waals surface area contributed by atoms with E-state index in [9.17, 15) is 4.39 Å². The SMILES string of the molecule is CC1CCCN(c2ncc(F)cc2CCl)C1C. The maximum atomic E-state index is 13.1. The molecule has 2 unspecified atom stereocenters. The van der Waals surface area contributed by atoms with Crippen LogP contribution in [-0.4, -0.2) is 17.6 Å². The van der Waals surface area contributed by atoms with Crippen LogP contribution in [0.4, 0.5) is 10.2 Å². The monoisotopic (exact) mass is 256 g/mol. The highest BCUT2D eigenvalue weighted by atomic mass is 35.5. The first-order chi connectivity index (χ1) is 8.13. The summed E-state index contributed by atoms with van der Waals surface area (Å²) in [6, 6.07) is 1.92. The number of hydrogen-bond acceptors (Lipinski definition) is 2. The van der Waals surface area contributed by atoms with Gasteiger partial charge in [0.2, 0.25) is 0 Å². The van der Waals surface area contributed by atoms with Crippen LogP contribution in [0.25, 0.3) is 0 Å². The van der Waals surface area contributed by atoms with Crippen LogP contribution in [0.2, 0.25) is 0 Å². The van der Waals surface area contributed by atoms with Crippen molar-refractivity contribution < 1.29 is 4.39 Å². The highest BCUT2D eigenvalue weighted by molar-refractivity contribution is 6.17. The van der Waals surface area contributed by atoms with Gasteiger partial charge in [0.25, 0.3) is 0 Å². The van der Waals surface area contributed by atoms with Crippen molar-refractivity contribution in [3.8, 4) is 0 Å². The fraction of sp³-hybridized carbons (Fsp3) is 0.615. The van der Waals surface area contributed by atoms with Crippen LogP contribution in [0.3, 0.4) is 0 Å². The van der Waals surface area contributed by atoms with Crippen molar-refractivity contribution in [2.45, 2.75) is 38.6 Å². The second-order valence-electron chi connectivity index (χ2n) is 4.82. The minimum Gasteiger partial charge on any atom is -0.353 e. The van der Waals surface area contributed by atoms with Crippen molar-refractivity contribution >= 4 is 17.4 Å². The maximum Gasteiger partial charge on any atom is 0.141 e. The molecule has 0 bridgehead atoms. The Kier molecular flexibility index (Phi) is 3.87. The van der Waals surface area contributed by atoms with Crippen LogP contribution >= 0.6 is 11.6 Å². The number of rotatable bonds is 2. The Bertz CT molecular complexity index is 397. The van der Waals surface area contributed by atoms with Gasteiger partial charge in [0.15, 0.2) is 0 Å². The van der Waals surface area contributed by atoms with Gasteiger partial charge in [-0.15, -0.1) is 11.6 Å². The van der Waals surface area contributed by atoms with Crippen LogP contribution < -0.4 is 4.90 Å². The highest BCUT2D eigenvalue weighted by Crippen LogP contribution is 2.30. The lowest BCUT2D eigenvalue weighted by atomic mass is 9.92. The minimum absolute atomic E-state index is 0.303. The summed E-state index contributed by atoms with van der Waals surface area (Å²) in [6.45, 7) is 5.43. The Labute approximate surface area is 107 Å². The maximum absolute atomic E-state index is 13.1. The van der Waals surface area contributed by atoms with Gasteiger partial charge in [-0.3, -0.25) is 0 Å². The number of piperidine rings is 1. The average Bonchev–Trinajstić information content (AvgIpc) is 2.33. The van der Waals surface area contributed by atoms with Gasteiger partial charge < -0.3 is 4.90 Å². The topological polar surface area (TPSA) is 16.1 Å². The molecule has 1 aromatic rings. The summed E-state index contributed by atoms with van der Waals surface area (Å²) >= 11 is 5.87. The van der Waals surface area contributed by atoms with Crippen molar-refractivity contribution in [2.75, 3.05) is 11.4 Å². The predicted octanol–water partition coefficient (Wildman–Crippen LogP) is 3.58. The molecular formula is C13H18ClFN2. The van der Waals surface area contributed by atoms with E-state index in [4.69, 9.17) is 11.6 Å². The van der Waals surface area contributed by atoms with Gasteiger partial charge in [-0.2, -0.15) is 0 Å². The van der Waals surface area contributed by atoms with E-state index in [0.717, 1.165) is 24.3 Å². The van der Waals surface area contributed by atoms with Gasteiger partial charge in [-0.25, -0.2) is 9.37 Å². The zero-order chi connectivity index (χ0) is 12.4. The lowest BCUT2D eigenvalue weighted by molar-refractivity contribution is 0.361. The first kappa shape index (κ1) is 12.6. The molecule has 1 saturated heterocycles. The highest BCUT2D eigenvalue weighted by Gasteiger charge is 2.27. The molecule has 2 heterocycles. The van der Waals surface area contributed by atoms with Gasteiger partial charge in [0.05, 0.1) is 12.1 Å². The molecule has 1 aromatic heterocycles. The zero-order valence-corrected chi connectivity index (χ0v) is 11.0. The molecule has 1 aliphatic rings. The van der Waals surface area contributed by atoms with E-state index < -0.39 is 0 Å². The van der Waals surface area contributed by atoms with Crippen molar-refractivity contribution in [1.29, 1.82) is 0 Å². The second-order valence-corrected chi connectivity index (χ2v) is 5.09. The number of alkyl halides is 1. The third-order valence-electron chi connectivity index (χ3n) is 3.70. The van der Waals surface area contributed by atoms with E-state index in [1.54, 1.807) is 0 Å². The largest absolute Gasteiger partial charge is 0.353 e. The van der Waals surface area contributed by atoms with Crippen molar-refractivity contribution in [2.24, 2.45) is 5.92 Å². The van der Waals surface area contributed by atoms with Crippen LogP contribution in [0.5, 0.6) is 0 Å². The minimum atomic E-state index is -0.317. The third kappa shape index (κ3) is 2.54. The molecule has 2 rings (SSSR count). The van der Waals surface area contributed by atoms with E-state index in [-0.39, 0.29) is 5.82 Å². The molecule has 4 heteroatoms. The summed E-state index contributed by atoms with van der Waals surface area (Å²) in [5.41, 5.74) is 0.785. The van der Waals surface area contributed by atoms with E-state index in [2.05, 4.69) is 23.7 Å².